The third-order valence-corrected chi connectivity index (χ3v) is 13.9. The number of aromatic nitrogens is 3. The summed E-state index contributed by atoms with van der Waals surface area (Å²) >= 11 is 0. The van der Waals surface area contributed by atoms with Crippen molar-refractivity contribution in [2.45, 2.75) is 129 Å². The van der Waals surface area contributed by atoms with Crippen molar-refractivity contribution in [3.8, 4) is 0 Å². The number of nitrogens with one attached hydrogen (secondary N) is 2. The van der Waals surface area contributed by atoms with Crippen LogP contribution in [0.2, 0.25) is 0 Å². The second-order valence-corrected chi connectivity index (χ2v) is 18.7. The van der Waals surface area contributed by atoms with Crippen LogP contribution in [-0.4, -0.2) is 142 Å². The molecule has 2 aromatic heterocycles. The molecule has 2 N–H and O–H groups in total. The molecule has 1 unspecified atom stereocenters. The van der Waals surface area contributed by atoms with E-state index in [0.29, 0.717) is 64.6 Å². The minimum Gasteiger partial charge on any atom is -0.426 e. The van der Waals surface area contributed by atoms with Gasteiger partial charge in [-0.1, -0.05) is 76.6 Å². The maximum Gasteiger partial charge on any atom is 0.411 e. The van der Waals surface area contributed by atoms with Crippen LogP contribution in [0.5, 0.6) is 0 Å². The number of carbonyl (C=O) groups is 3. The lowest BCUT2D eigenvalue weighted by Crippen LogP contribution is -2.59. The van der Waals surface area contributed by atoms with Gasteiger partial charge in [0.15, 0.2) is 6.73 Å². The van der Waals surface area contributed by atoms with Gasteiger partial charge in [-0.2, -0.15) is 5.10 Å². The highest BCUT2D eigenvalue weighted by atomic mass is 16.6. The summed E-state index contributed by atoms with van der Waals surface area (Å²) in [4.78, 5) is 68.6. The van der Waals surface area contributed by atoms with Crippen LogP contribution >= 0.6 is 0 Å². The molecule has 64 heavy (non-hydrogen) atoms. The van der Waals surface area contributed by atoms with E-state index in [4.69, 9.17) is 9.84 Å². The molecule has 0 radical (unpaired) electrons. The number of ether oxygens (including phenoxy) is 1. The second-order valence-electron chi connectivity index (χ2n) is 18.7. The van der Waals surface area contributed by atoms with E-state index in [9.17, 15) is 19.2 Å². The lowest BCUT2D eigenvalue weighted by atomic mass is 9.89. The SMILES string of the molecule is CCCCCCN(CCCCCC)C(=O)OCn1cc2cc(CC(NC(=O)N3CCC(c4cc5ccccc5[nH]c4=O)CC3)C(=O)N3CCN(C4CCN(C)CC4)CC3)cc(C)c2n1. The number of piperidine rings is 2. The standard InChI is InChI=1S/C50H73N9O5/c1-5-7-9-13-21-58(22-14-10-8-6-2)50(63)64-36-59-35-41-32-38(31-37(3)46(41)53-59)33-45(48(61)56-29-27-55(28-30-56)42-19-23-54(4)24-20-42)52-49(62)57-25-17-39(18-26-57)43-34-40-15-11-12-16-44(40)51-47(43)60/h11-12,15-16,31-32,34-35,39,42,45H,5-10,13-14,17-30,33,36H2,1-4H3,(H,51,60)(H,52,62). The van der Waals surface area contributed by atoms with Gasteiger partial charge in [-0.05, 0) is 106 Å². The average molecular weight is 880 g/mol. The summed E-state index contributed by atoms with van der Waals surface area (Å²) < 4.78 is 7.51. The zero-order chi connectivity index (χ0) is 45.0. The van der Waals surface area contributed by atoms with Gasteiger partial charge in [0, 0.05) is 87.5 Å². The number of hydrogen-bond donors (Lipinski definition) is 2. The van der Waals surface area contributed by atoms with Gasteiger partial charge in [0.25, 0.3) is 5.56 Å². The van der Waals surface area contributed by atoms with E-state index in [2.05, 4.69) is 47.1 Å². The molecule has 0 saturated carbocycles. The second kappa shape index (κ2) is 22.8. The predicted octanol–water partition coefficient (Wildman–Crippen LogP) is 7.48. The average Bonchev–Trinajstić information content (AvgIpc) is 3.73. The Labute approximate surface area is 379 Å². The first kappa shape index (κ1) is 47.0. The summed E-state index contributed by atoms with van der Waals surface area (Å²) in [5.74, 6) is -0.0249. The number of H-pyrrole nitrogens is 1. The number of pyridine rings is 1. The monoisotopic (exact) mass is 880 g/mol. The molecule has 5 heterocycles. The number of benzene rings is 2. The molecule has 3 saturated heterocycles. The molecule has 0 spiro atoms. The number of carbonyl (C=O) groups excluding carboxylic acids is 3. The minimum atomic E-state index is -0.767. The van der Waals surface area contributed by atoms with Crippen molar-refractivity contribution >= 4 is 39.8 Å². The number of aryl methyl sites for hydroxylation is 1. The third-order valence-electron chi connectivity index (χ3n) is 13.9. The van der Waals surface area contributed by atoms with E-state index in [-0.39, 0.29) is 36.2 Å². The first-order valence-electron chi connectivity index (χ1n) is 24.4. The number of likely N-dealkylation sites (tertiary alicyclic amines) is 2. The number of aromatic amines is 1. The fourth-order valence-electron chi connectivity index (χ4n) is 10.0. The molecule has 4 amide bonds. The highest BCUT2D eigenvalue weighted by Crippen LogP contribution is 2.28. The molecule has 2 aromatic carbocycles. The van der Waals surface area contributed by atoms with Crippen molar-refractivity contribution < 1.29 is 19.1 Å². The fourth-order valence-corrected chi connectivity index (χ4v) is 10.0. The van der Waals surface area contributed by atoms with Crippen LogP contribution in [0.25, 0.3) is 21.8 Å². The number of rotatable bonds is 18. The van der Waals surface area contributed by atoms with Crippen LogP contribution in [0.3, 0.4) is 0 Å². The van der Waals surface area contributed by atoms with Gasteiger partial charge in [-0.3, -0.25) is 14.5 Å². The van der Waals surface area contributed by atoms with Crippen molar-refractivity contribution in [1.82, 2.24) is 44.6 Å². The van der Waals surface area contributed by atoms with Gasteiger partial charge in [0.2, 0.25) is 5.91 Å². The minimum absolute atomic E-state index is 0.00928. The van der Waals surface area contributed by atoms with Crippen LogP contribution in [0.1, 0.15) is 114 Å². The first-order chi connectivity index (χ1) is 31.1. The number of para-hydroxylation sites is 1. The Hall–Kier alpha value is -4.95. The zero-order valence-electron chi connectivity index (χ0n) is 39.0. The van der Waals surface area contributed by atoms with E-state index in [1.165, 1.54) is 0 Å². The highest BCUT2D eigenvalue weighted by molar-refractivity contribution is 5.88. The summed E-state index contributed by atoms with van der Waals surface area (Å²) in [6.45, 7) is 13.9. The number of hydrogen-bond acceptors (Lipinski definition) is 8. The lowest BCUT2D eigenvalue weighted by Gasteiger charge is -2.43. The number of amides is 4. The molecule has 348 valence electrons. The Bertz CT molecular complexity index is 2200. The maximum absolute atomic E-state index is 14.5. The zero-order valence-corrected chi connectivity index (χ0v) is 39.0. The van der Waals surface area contributed by atoms with Crippen LogP contribution in [0.4, 0.5) is 9.59 Å². The van der Waals surface area contributed by atoms with Gasteiger partial charge in [0.1, 0.15) is 6.04 Å². The van der Waals surface area contributed by atoms with Crippen molar-refractivity contribution in [3.63, 3.8) is 0 Å². The van der Waals surface area contributed by atoms with Crippen LogP contribution in [-0.2, 0) is 22.7 Å². The Balaban J connectivity index is 1.02. The molecule has 3 aliphatic heterocycles. The maximum atomic E-state index is 14.5. The summed E-state index contributed by atoms with van der Waals surface area (Å²) in [5.41, 5.74) is 4.18. The van der Waals surface area contributed by atoms with Crippen molar-refractivity contribution in [2.75, 3.05) is 72.5 Å². The summed E-state index contributed by atoms with van der Waals surface area (Å²) in [7, 11) is 2.18. The van der Waals surface area contributed by atoms with Crippen molar-refractivity contribution in [3.05, 3.63) is 75.7 Å². The number of urea groups is 1. The Morgan fingerprint density at radius 3 is 2.20 bits per heavy atom. The summed E-state index contributed by atoms with van der Waals surface area (Å²) in [6, 6.07) is 13.4. The van der Waals surface area contributed by atoms with Crippen molar-refractivity contribution in [2.24, 2.45) is 0 Å². The van der Waals surface area contributed by atoms with E-state index in [1.807, 2.05) is 59.3 Å². The third kappa shape index (κ3) is 12.2. The first-order valence-corrected chi connectivity index (χ1v) is 24.4. The molecular formula is C50H73N9O5. The van der Waals surface area contributed by atoms with E-state index in [1.54, 1.807) is 9.58 Å². The number of nitrogens with zero attached hydrogens (tertiary/aromatic N) is 7. The quantitative estimate of drug-likeness (QED) is 0.0982. The molecular weight excluding hydrogens is 807 g/mol. The molecule has 3 fully saturated rings. The molecule has 14 heteroatoms. The van der Waals surface area contributed by atoms with E-state index >= 15 is 0 Å². The number of fused-ring (bicyclic) bond motifs is 2. The summed E-state index contributed by atoms with van der Waals surface area (Å²) in [6.07, 6.45) is 14.3. The van der Waals surface area contributed by atoms with Gasteiger partial charge in [-0.25, -0.2) is 14.3 Å². The molecule has 0 bridgehead atoms. The highest BCUT2D eigenvalue weighted by Gasteiger charge is 2.34. The molecule has 0 aliphatic carbocycles. The van der Waals surface area contributed by atoms with Gasteiger partial charge in [0.05, 0.1) is 5.52 Å². The van der Waals surface area contributed by atoms with E-state index in [0.717, 1.165) is 129 Å². The normalized spacial score (nSPS) is 17.6. The van der Waals surface area contributed by atoms with Crippen LogP contribution < -0.4 is 10.9 Å². The van der Waals surface area contributed by atoms with Crippen LogP contribution in [0.15, 0.2) is 53.5 Å². The van der Waals surface area contributed by atoms with E-state index < -0.39 is 6.04 Å². The Morgan fingerprint density at radius 2 is 1.52 bits per heavy atom. The predicted molar refractivity (Wildman–Crippen MR) is 254 cm³/mol. The molecule has 1 atom stereocenters. The smallest absolute Gasteiger partial charge is 0.411 e. The van der Waals surface area contributed by atoms with Crippen molar-refractivity contribution in [1.29, 1.82) is 0 Å². The fraction of sp³-hybridized carbons (Fsp3) is 0.620. The molecule has 7 rings (SSSR count). The molecule has 4 aromatic rings. The van der Waals surface area contributed by atoms with Gasteiger partial charge >= 0.3 is 12.1 Å². The molecule has 14 nitrogen and oxygen atoms in total. The Kier molecular flexibility index (Phi) is 16.7. The van der Waals surface area contributed by atoms with Crippen LogP contribution in [0, 0.1) is 6.92 Å². The Morgan fingerprint density at radius 1 is 0.828 bits per heavy atom. The summed E-state index contributed by atoms with van der Waals surface area (Å²) in [5, 5.41) is 9.86. The lowest BCUT2D eigenvalue weighted by molar-refractivity contribution is -0.135. The largest absolute Gasteiger partial charge is 0.426 e. The number of piperazine rings is 1. The molecule has 3 aliphatic rings. The number of unbranched alkanes of at least 4 members (excludes halogenated alkanes) is 6. The van der Waals surface area contributed by atoms with Gasteiger partial charge in [-0.15, -0.1) is 0 Å². The van der Waals surface area contributed by atoms with Gasteiger partial charge < -0.3 is 34.6 Å². The topological polar surface area (TPSA) is 139 Å².